The lowest BCUT2D eigenvalue weighted by molar-refractivity contribution is -0.135. The predicted octanol–water partition coefficient (Wildman–Crippen LogP) is 4.19. The third-order valence-corrected chi connectivity index (χ3v) is 7.16. The number of halogens is 1. The van der Waals surface area contributed by atoms with Gasteiger partial charge in [-0.3, -0.25) is 9.59 Å². The molecule has 0 radical (unpaired) electrons. The van der Waals surface area contributed by atoms with Crippen molar-refractivity contribution in [2.24, 2.45) is 0 Å². The first-order valence-corrected chi connectivity index (χ1v) is 12.5. The molecule has 0 saturated heterocycles. The fourth-order valence-electron chi connectivity index (χ4n) is 4.23. The third-order valence-electron chi connectivity index (χ3n) is 6.16. The van der Waals surface area contributed by atoms with Crippen LogP contribution in [0.2, 0.25) is 0 Å². The molecule has 7 nitrogen and oxygen atoms in total. The normalized spacial score (nSPS) is 14.8. The van der Waals surface area contributed by atoms with Crippen molar-refractivity contribution in [1.82, 2.24) is 9.80 Å². The molecule has 2 amide bonds. The molecule has 4 rings (SSSR count). The van der Waals surface area contributed by atoms with Crippen LogP contribution in [-0.2, 0) is 16.0 Å². The van der Waals surface area contributed by atoms with E-state index in [1.807, 2.05) is 11.4 Å². The van der Waals surface area contributed by atoms with Crippen LogP contribution in [0.15, 0.2) is 60.0 Å². The molecule has 1 aliphatic rings. The minimum Gasteiger partial charge on any atom is -0.497 e. The molecule has 0 spiro atoms. The molecule has 1 atom stereocenters. The van der Waals surface area contributed by atoms with Gasteiger partial charge in [0, 0.05) is 30.6 Å². The van der Waals surface area contributed by atoms with Crippen LogP contribution in [0.1, 0.15) is 26.8 Å². The molecule has 0 bridgehead atoms. The molecule has 3 aromatic rings. The van der Waals surface area contributed by atoms with E-state index in [1.54, 1.807) is 72.9 Å². The first-order valence-electron chi connectivity index (χ1n) is 11.7. The summed E-state index contributed by atoms with van der Waals surface area (Å²) in [6.45, 7) is 1.06. The largest absolute Gasteiger partial charge is 0.497 e. The zero-order valence-electron chi connectivity index (χ0n) is 20.3. The van der Waals surface area contributed by atoms with E-state index in [0.29, 0.717) is 24.5 Å². The van der Waals surface area contributed by atoms with Crippen LogP contribution in [0.25, 0.3) is 0 Å². The number of ether oxygens (including phenoxy) is 3. The summed E-state index contributed by atoms with van der Waals surface area (Å²) in [5.74, 6) is -0.137. The third kappa shape index (κ3) is 5.85. The number of carbonyl (C=O) groups is 2. The molecular formula is C27H29FN2O5S. The summed E-state index contributed by atoms with van der Waals surface area (Å²) in [6.07, 6.45) is 0.722. The Bertz CT molecular complexity index is 1180. The van der Waals surface area contributed by atoms with Gasteiger partial charge >= 0.3 is 0 Å². The molecule has 0 aliphatic carbocycles. The highest BCUT2D eigenvalue weighted by molar-refractivity contribution is 7.10. The van der Waals surface area contributed by atoms with Crippen molar-refractivity contribution in [1.29, 1.82) is 0 Å². The van der Waals surface area contributed by atoms with Crippen LogP contribution in [0.3, 0.4) is 0 Å². The summed E-state index contributed by atoms with van der Waals surface area (Å²) in [5, 5.41) is 1.99. The van der Waals surface area contributed by atoms with E-state index in [0.717, 1.165) is 12.0 Å². The Labute approximate surface area is 214 Å². The van der Waals surface area contributed by atoms with Gasteiger partial charge in [0.25, 0.3) is 5.91 Å². The molecule has 2 heterocycles. The number of hydrogen-bond acceptors (Lipinski definition) is 6. The first kappa shape index (κ1) is 25.7. The second kappa shape index (κ2) is 12.0. The maximum absolute atomic E-state index is 14.2. The van der Waals surface area contributed by atoms with Crippen LogP contribution >= 0.6 is 11.3 Å². The molecule has 9 heteroatoms. The number of nitrogens with zero attached hydrogens (tertiary/aromatic N) is 2. The molecular weight excluding hydrogens is 483 g/mol. The molecule has 2 aromatic carbocycles. The number of methoxy groups -OCH3 is 2. The summed E-state index contributed by atoms with van der Waals surface area (Å²) < 4.78 is 30.3. The fourth-order valence-corrected chi connectivity index (χ4v) is 5.16. The van der Waals surface area contributed by atoms with Gasteiger partial charge in [0.2, 0.25) is 5.91 Å². The summed E-state index contributed by atoms with van der Waals surface area (Å²) in [6, 6.07) is 14.6. The van der Waals surface area contributed by atoms with Gasteiger partial charge in [0.05, 0.1) is 19.8 Å². The lowest BCUT2D eigenvalue weighted by atomic mass is 10.0. The Kier molecular flexibility index (Phi) is 8.56. The van der Waals surface area contributed by atoms with Gasteiger partial charge in [-0.25, -0.2) is 4.39 Å². The first-order chi connectivity index (χ1) is 17.5. The minimum absolute atomic E-state index is 0.107. The number of fused-ring (bicyclic) bond motifs is 1. The summed E-state index contributed by atoms with van der Waals surface area (Å²) in [7, 11) is 3.11. The highest BCUT2D eigenvalue weighted by atomic mass is 32.1. The van der Waals surface area contributed by atoms with Gasteiger partial charge in [-0.05, 0) is 59.8 Å². The molecule has 1 aliphatic heterocycles. The monoisotopic (exact) mass is 512 g/mol. The van der Waals surface area contributed by atoms with Crippen molar-refractivity contribution >= 4 is 23.2 Å². The van der Waals surface area contributed by atoms with Gasteiger partial charge < -0.3 is 24.0 Å². The van der Waals surface area contributed by atoms with Crippen LogP contribution in [0.4, 0.5) is 4.39 Å². The maximum atomic E-state index is 14.2. The standard InChI is InChI=1S/C27H29FN2O5S/c1-33-15-14-29(27(32)19-7-9-20(34-2)10-8-19)17-26(31)30-13-11-25-21(12-16-36-25)23(30)18-35-24-6-4-3-5-22(24)28/h3-10,12,16,23H,11,13-15,17-18H2,1-2H3/t23-/m0/s1. The van der Waals surface area contributed by atoms with Crippen molar-refractivity contribution in [2.75, 3.05) is 47.1 Å². The van der Waals surface area contributed by atoms with E-state index >= 15 is 0 Å². The van der Waals surface area contributed by atoms with Crippen molar-refractivity contribution in [3.63, 3.8) is 0 Å². The lowest BCUT2D eigenvalue weighted by Gasteiger charge is -2.37. The number of amides is 2. The van der Waals surface area contributed by atoms with Gasteiger partial charge in [0.1, 0.15) is 18.9 Å². The highest BCUT2D eigenvalue weighted by Gasteiger charge is 2.33. The van der Waals surface area contributed by atoms with Crippen molar-refractivity contribution < 1.29 is 28.2 Å². The topological polar surface area (TPSA) is 68.3 Å². The van der Waals surface area contributed by atoms with Crippen LogP contribution in [0.5, 0.6) is 11.5 Å². The van der Waals surface area contributed by atoms with Gasteiger partial charge in [-0.2, -0.15) is 0 Å². The van der Waals surface area contributed by atoms with Crippen molar-refractivity contribution in [3.8, 4) is 11.5 Å². The van der Waals surface area contributed by atoms with E-state index in [2.05, 4.69) is 0 Å². The molecule has 0 fully saturated rings. The molecule has 190 valence electrons. The Balaban J connectivity index is 1.52. The smallest absolute Gasteiger partial charge is 0.254 e. The fraction of sp³-hybridized carbons (Fsp3) is 0.333. The number of carbonyl (C=O) groups excluding carboxylic acids is 2. The summed E-state index contributed by atoms with van der Waals surface area (Å²) in [4.78, 5) is 31.2. The Morgan fingerprint density at radius 2 is 1.89 bits per heavy atom. The average molecular weight is 513 g/mol. The molecule has 0 unspecified atom stereocenters. The molecule has 0 N–H and O–H groups in total. The van der Waals surface area contributed by atoms with E-state index in [1.165, 1.54) is 15.8 Å². The second-order valence-electron chi connectivity index (χ2n) is 8.34. The zero-order valence-corrected chi connectivity index (χ0v) is 21.1. The number of benzene rings is 2. The molecule has 1 aromatic heterocycles. The highest BCUT2D eigenvalue weighted by Crippen LogP contribution is 2.34. The van der Waals surface area contributed by atoms with Gasteiger partial charge in [-0.15, -0.1) is 11.3 Å². The lowest BCUT2D eigenvalue weighted by Crippen LogP contribution is -2.48. The average Bonchev–Trinajstić information content (AvgIpc) is 3.39. The number of para-hydroxylation sites is 1. The maximum Gasteiger partial charge on any atom is 0.254 e. The van der Waals surface area contributed by atoms with E-state index in [9.17, 15) is 14.0 Å². The Hall–Kier alpha value is -3.43. The van der Waals surface area contributed by atoms with E-state index in [4.69, 9.17) is 14.2 Å². The van der Waals surface area contributed by atoms with Gasteiger partial charge in [0.15, 0.2) is 11.6 Å². The van der Waals surface area contributed by atoms with E-state index < -0.39 is 5.82 Å². The van der Waals surface area contributed by atoms with Crippen LogP contribution in [-0.4, -0.2) is 68.7 Å². The van der Waals surface area contributed by atoms with Crippen molar-refractivity contribution in [3.05, 3.63) is 81.8 Å². The summed E-state index contributed by atoms with van der Waals surface area (Å²) >= 11 is 1.64. The van der Waals surface area contributed by atoms with E-state index in [-0.39, 0.29) is 43.3 Å². The number of hydrogen-bond donors (Lipinski definition) is 0. The molecule has 0 saturated carbocycles. The van der Waals surface area contributed by atoms with Crippen LogP contribution in [0, 0.1) is 5.82 Å². The Morgan fingerprint density at radius 3 is 2.61 bits per heavy atom. The SMILES string of the molecule is COCCN(CC(=O)N1CCc2sccc2[C@@H]1COc1ccccc1F)C(=O)c1ccc(OC)cc1. The van der Waals surface area contributed by atoms with Gasteiger partial charge in [-0.1, -0.05) is 12.1 Å². The molecule has 36 heavy (non-hydrogen) atoms. The number of rotatable bonds is 10. The van der Waals surface area contributed by atoms with Crippen LogP contribution < -0.4 is 9.47 Å². The minimum atomic E-state index is -0.451. The second-order valence-corrected chi connectivity index (χ2v) is 9.34. The zero-order chi connectivity index (χ0) is 25.5. The predicted molar refractivity (Wildman–Crippen MR) is 135 cm³/mol. The quantitative estimate of drug-likeness (QED) is 0.408. The van der Waals surface area contributed by atoms with Crippen molar-refractivity contribution in [2.45, 2.75) is 12.5 Å². The summed E-state index contributed by atoms with van der Waals surface area (Å²) in [5.41, 5.74) is 1.46. The Morgan fingerprint density at radius 1 is 1.11 bits per heavy atom. The number of thiophene rings is 1.